The number of nitrogens with zero attached hydrogens (tertiary/aromatic N) is 2. The smallest absolute Gasteiger partial charge is 0.0221 e. The van der Waals surface area contributed by atoms with E-state index in [-0.39, 0.29) is 0 Å². The molecule has 3 nitrogen and oxygen atoms in total. The molecule has 2 aliphatic heterocycles. The van der Waals surface area contributed by atoms with E-state index >= 15 is 0 Å². The fourth-order valence-electron chi connectivity index (χ4n) is 3.05. The first-order valence-corrected chi connectivity index (χ1v) is 7.07. The van der Waals surface area contributed by atoms with Gasteiger partial charge in [0.2, 0.25) is 0 Å². The van der Waals surface area contributed by atoms with E-state index < -0.39 is 0 Å². The lowest BCUT2D eigenvalue weighted by Crippen LogP contribution is -2.40. The third kappa shape index (κ3) is 3.44. The van der Waals surface area contributed by atoms with Crippen molar-refractivity contribution in [3.8, 4) is 0 Å². The molecule has 2 aliphatic rings. The summed E-state index contributed by atoms with van der Waals surface area (Å²) in [6, 6.07) is 0.809. The van der Waals surface area contributed by atoms with Gasteiger partial charge in [0.1, 0.15) is 0 Å². The van der Waals surface area contributed by atoms with Gasteiger partial charge in [-0.2, -0.15) is 0 Å². The second-order valence-corrected chi connectivity index (χ2v) is 5.18. The molecule has 1 unspecified atom stereocenters. The lowest BCUT2D eigenvalue weighted by Gasteiger charge is -2.23. The fourth-order valence-corrected chi connectivity index (χ4v) is 3.05. The van der Waals surface area contributed by atoms with Crippen LogP contribution in [-0.2, 0) is 0 Å². The van der Waals surface area contributed by atoms with Crippen molar-refractivity contribution in [2.45, 2.75) is 38.6 Å². The Morgan fingerprint density at radius 2 is 1.94 bits per heavy atom. The Kier molecular flexibility index (Phi) is 5.07. The summed E-state index contributed by atoms with van der Waals surface area (Å²) in [7, 11) is 0. The molecule has 1 N–H and O–H groups in total. The van der Waals surface area contributed by atoms with E-state index in [9.17, 15) is 0 Å². The summed E-state index contributed by atoms with van der Waals surface area (Å²) >= 11 is 0. The highest BCUT2D eigenvalue weighted by Gasteiger charge is 2.22. The van der Waals surface area contributed by atoms with E-state index in [1.54, 1.807) is 0 Å². The van der Waals surface area contributed by atoms with E-state index in [2.05, 4.69) is 22.0 Å². The van der Waals surface area contributed by atoms with E-state index in [1.165, 1.54) is 71.5 Å². The van der Waals surface area contributed by atoms with Gasteiger partial charge < -0.3 is 10.2 Å². The summed E-state index contributed by atoms with van der Waals surface area (Å²) in [5.41, 5.74) is 0. The molecule has 0 aliphatic carbocycles. The van der Waals surface area contributed by atoms with Crippen LogP contribution in [0.25, 0.3) is 0 Å². The SMILES string of the molecule is CCN1CCCC1CNCCN1CCCC1. The summed E-state index contributed by atoms with van der Waals surface area (Å²) in [6.45, 7) is 11.1. The Morgan fingerprint density at radius 1 is 1.12 bits per heavy atom. The van der Waals surface area contributed by atoms with Crippen LogP contribution in [0.4, 0.5) is 0 Å². The van der Waals surface area contributed by atoms with Crippen LogP contribution in [0.2, 0.25) is 0 Å². The average molecular weight is 225 g/mol. The summed E-state index contributed by atoms with van der Waals surface area (Å²) in [6.07, 6.45) is 5.61. The predicted octanol–water partition coefficient (Wildman–Crippen LogP) is 1.16. The van der Waals surface area contributed by atoms with Crippen LogP contribution >= 0.6 is 0 Å². The van der Waals surface area contributed by atoms with Gasteiger partial charge in [-0.15, -0.1) is 0 Å². The van der Waals surface area contributed by atoms with Gasteiger partial charge in [-0.05, 0) is 51.9 Å². The van der Waals surface area contributed by atoms with Crippen LogP contribution in [0.3, 0.4) is 0 Å². The van der Waals surface area contributed by atoms with Crippen LogP contribution in [0.15, 0.2) is 0 Å². The standard InChI is InChI=1S/C13H27N3/c1-2-16-10-5-6-13(16)12-14-7-11-15-8-3-4-9-15/h13-14H,2-12H2,1H3. The molecule has 2 saturated heterocycles. The third-order valence-corrected chi connectivity index (χ3v) is 4.09. The molecule has 0 aromatic rings. The second kappa shape index (κ2) is 6.58. The van der Waals surface area contributed by atoms with Crippen molar-refractivity contribution in [2.75, 3.05) is 45.8 Å². The first-order valence-electron chi connectivity index (χ1n) is 7.07. The van der Waals surface area contributed by atoms with Gasteiger partial charge in [0.05, 0.1) is 0 Å². The number of rotatable bonds is 6. The van der Waals surface area contributed by atoms with Crippen molar-refractivity contribution in [3.63, 3.8) is 0 Å². The maximum atomic E-state index is 3.64. The normalized spacial score (nSPS) is 27.9. The molecular weight excluding hydrogens is 198 g/mol. The van der Waals surface area contributed by atoms with Gasteiger partial charge in [-0.3, -0.25) is 4.90 Å². The summed E-state index contributed by atoms with van der Waals surface area (Å²) in [5.74, 6) is 0. The zero-order valence-electron chi connectivity index (χ0n) is 10.7. The van der Waals surface area contributed by atoms with E-state index in [1.807, 2.05) is 0 Å². The Balaban J connectivity index is 1.53. The van der Waals surface area contributed by atoms with Crippen molar-refractivity contribution >= 4 is 0 Å². The third-order valence-electron chi connectivity index (χ3n) is 4.09. The first kappa shape index (κ1) is 12.3. The largest absolute Gasteiger partial charge is 0.314 e. The van der Waals surface area contributed by atoms with Gasteiger partial charge in [0.25, 0.3) is 0 Å². The monoisotopic (exact) mass is 225 g/mol. The van der Waals surface area contributed by atoms with Crippen molar-refractivity contribution in [2.24, 2.45) is 0 Å². The van der Waals surface area contributed by atoms with Gasteiger partial charge in [0, 0.05) is 25.7 Å². The average Bonchev–Trinajstić information content (AvgIpc) is 2.95. The molecule has 0 saturated carbocycles. The van der Waals surface area contributed by atoms with Crippen LogP contribution < -0.4 is 5.32 Å². The number of nitrogens with one attached hydrogen (secondary N) is 1. The Labute approximate surface area is 100 Å². The lowest BCUT2D eigenvalue weighted by molar-refractivity contribution is 0.255. The number of likely N-dealkylation sites (N-methyl/N-ethyl adjacent to an activating group) is 1. The van der Waals surface area contributed by atoms with Gasteiger partial charge in [-0.25, -0.2) is 0 Å². The first-order chi connectivity index (χ1) is 7.90. The Morgan fingerprint density at radius 3 is 2.69 bits per heavy atom. The maximum absolute atomic E-state index is 3.64. The van der Waals surface area contributed by atoms with Crippen LogP contribution in [0, 0.1) is 0 Å². The summed E-state index contributed by atoms with van der Waals surface area (Å²) < 4.78 is 0. The van der Waals surface area contributed by atoms with Crippen molar-refractivity contribution in [1.82, 2.24) is 15.1 Å². The molecular formula is C13H27N3. The molecule has 0 aromatic heterocycles. The Hall–Kier alpha value is -0.120. The number of likely N-dealkylation sites (tertiary alicyclic amines) is 2. The highest BCUT2D eigenvalue weighted by Crippen LogP contribution is 2.15. The Bertz CT molecular complexity index is 190. The highest BCUT2D eigenvalue weighted by molar-refractivity contribution is 4.80. The maximum Gasteiger partial charge on any atom is 0.0221 e. The van der Waals surface area contributed by atoms with Gasteiger partial charge in [-0.1, -0.05) is 6.92 Å². The van der Waals surface area contributed by atoms with Crippen LogP contribution in [0.5, 0.6) is 0 Å². The minimum Gasteiger partial charge on any atom is -0.314 e. The topological polar surface area (TPSA) is 18.5 Å². The molecule has 0 spiro atoms. The second-order valence-electron chi connectivity index (χ2n) is 5.18. The molecule has 16 heavy (non-hydrogen) atoms. The van der Waals surface area contributed by atoms with E-state index in [0.29, 0.717) is 0 Å². The molecule has 94 valence electrons. The van der Waals surface area contributed by atoms with Gasteiger partial charge >= 0.3 is 0 Å². The van der Waals surface area contributed by atoms with Crippen molar-refractivity contribution in [3.05, 3.63) is 0 Å². The van der Waals surface area contributed by atoms with Crippen LogP contribution in [0.1, 0.15) is 32.6 Å². The lowest BCUT2D eigenvalue weighted by atomic mass is 10.2. The molecule has 1 atom stereocenters. The quantitative estimate of drug-likeness (QED) is 0.684. The van der Waals surface area contributed by atoms with Gasteiger partial charge in [0.15, 0.2) is 0 Å². The number of hydrogen-bond acceptors (Lipinski definition) is 3. The molecule has 0 amide bonds. The molecule has 3 heteroatoms. The molecule has 2 fully saturated rings. The molecule has 0 aromatic carbocycles. The highest BCUT2D eigenvalue weighted by atomic mass is 15.2. The van der Waals surface area contributed by atoms with Crippen molar-refractivity contribution in [1.29, 1.82) is 0 Å². The molecule has 0 bridgehead atoms. The van der Waals surface area contributed by atoms with Crippen LogP contribution in [-0.4, -0.2) is 61.7 Å². The zero-order valence-corrected chi connectivity index (χ0v) is 10.7. The van der Waals surface area contributed by atoms with E-state index in [4.69, 9.17) is 0 Å². The minimum atomic E-state index is 0.809. The molecule has 0 radical (unpaired) electrons. The van der Waals surface area contributed by atoms with E-state index in [0.717, 1.165) is 6.04 Å². The predicted molar refractivity (Wildman–Crippen MR) is 68.8 cm³/mol. The minimum absolute atomic E-state index is 0.809. The summed E-state index contributed by atoms with van der Waals surface area (Å²) in [4.78, 5) is 5.20. The molecule has 2 rings (SSSR count). The molecule has 2 heterocycles. The zero-order chi connectivity index (χ0) is 11.2. The summed E-state index contributed by atoms with van der Waals surface area (Å²) in [5, 5.41) is 3.64. The van der Waals surface area contributed by atoms with Crippen molar-refractivity contribution < 1.29 is 0 Å². The fraction of sp³-hybridized carbons (Fsp3) is 1.00. The number of hydrogen-bond donors (Lipinski definition) is 1.